The zero-order valence-electron chi connectivity index (χ0n) is 21.9. The van der Waals surface area contributed by atoms with Crippen LogP contribution in [0.25, 0.3) is 0 Å². The molecule has 1 atom stereocenters. The molecule has 2 aromatic rings. The second-order valence-corrected chi connectivity index (χ2v) is 10.8. The molecule has 0 saturated carbocycles. The molecule has 0 aliphatic heterocycles. The molecule has 0 unspecified atom stereocenters. The maximum atomic E-state index is 13.7. The van der Waals surface area contributed by atoms with Crippen LogP contribution < -0.4 is 19.1 Å². The number of carbonyl (C=O) groups is 2. The lowest BCUT2D eigenvalue weighted by Gasteiger charge is -2.33. The molecule has 0 fully saturated rings. The number of ether oxygens (including phenoxy) is 2. The van der Waals surface area contributed by atoms with E-state index in [-0.39, 0.29) is 24.1 Å². The molecule has 0 saturated heterocycles. The lowest BCUT2D eigenvalue weighted by molar-refractivity contribution is -0.140. The van der Waals surface area contributed by atoms with E-state index in [0.29, 0.717) is 24.5 Å². The van der Waals surface area contributed by atoms with Gasteiger partial charge < -0.3 is 19.7 Å². The van der Waals surface area contributed by atoms with Crippen LogP contribution in [-0.4, -0.2) is 64.7 Å². The van der Waals surface area contributed by atoms with Crippen LogP contribution >= 0.6 is 0 Å². The van der Waals surface area contributed by atoms with Gasteiger partial charge in [-0.15, -0.1) is 0 Å². The molecule has 0 bridgehead atoms. The van der Waals surface area contributed by atoms with Crippen molar-refractivity contribution in [2.45, 2.75) is 39.8 Å². The average molecular weight is 520 g/mol. The van der Waals surface area contributed by atoms with Crippen LogP contribution in [0.3, 0.4) is 0 Å². The minimum Gasteiger partial charge on any atom is -0.497 e. The van der Waals surface area contributed by atoms with Crippen molar-refractivity contribution in [1.82, 2.24) is 10.2 Å². The Morgan fingerprint density at radius 1 is 1.00 bits per heavy atom. The standard InChI is InChI=1S/C26H37N3O6S/c1-7-22(26(31)27-16-19(2)3)28(17-20-12-14-21(34-4)15-13-20)25(30)18-29(36(6,32)33)23-10-8-9-11-24(23)35-5/h8-15,19,22H,7,16-18H2,1-6H3,(H,27,31)/t22-/m0/s1. The summed E-state index contributed by atoms with van der Waals surface area (Å²) in [5.41, 5.74) is 1.03. The van der Waals surface area contributed by atoms with Crippen LogP contribution in [0.5, 0.6) is 11.5 Å². The minimum absolute atomic E-state index is 0.125. The highest BCUT2D eigenvalue weighted by Crippen LogP contribution is 2.29. The normalized spacial score (nSPS) is 12.1. The number of hydrogen-bond donors (Lipinski definition) is 1. The van der Waals surface area contributed by atoms with Crippen molar-refractivity contribution < 1.29 is 27.5 Å². The molecule has 0 aromatic heterocycles. The van der Waals surface area contributed by atoms with E-state index in [9.17, 15) is 18.0 Å². The topological polar surface area (TPSA) is 105 Å². The van der Waals surface area contributed by atoms with Gasteiger partial charge in [0.15, 0.2) is 0 Å². The average Bonchev–Trinajstić information content (AvgIpc) is 2.85. The van der Waals surface area contributed by atoms with E-state index < -0.39 is 28.5 Å². The van der Waals surface area contributed by atoms with Gasteiger partial charge in [0.05, 0.1) is 26.2 Å². The Morgan fingerprint density at radius 2 is 1.64 bits per heavy atom. The SMILES string of the molecule is CC[C@@H](C(=O)NCC(C)C)N(Cc1ccc(OC)cc1)C(=O)CN(c1ccccc1OC)S(C)(=O)=O. The highest BCUT2D eigenvalue weighted by molar-refractivity contribution is 7.92. The van der Waals surface area contributed by atoms with Gasteiger partial charge in [-0.1, -0.05) is 45.0 Å². The number of benzene rings is 2. The van der Waals surface area contributed by atoms with Crippen LogP contribution in [0, 0.1) is 5.92 Å². The predicted octanol–water partition coefficient (Wildman–Crippen LogP) is 3.05. The fourth-order valence-electron chi connectivity index (χ4n) is 3.70. The Balaban J connectivity index is 2.45. The van der Waals surface area contributed by atoms with Crippen LogP contribution in [0.15, 0.2) is 48.5 Å². The van der Waals surface area contributed by atoms with E-state index in [1.807, 2.05) is 32.9 Å². The van der Waals surface area contributed by atoms with Crippen molar-refractivity contribution >= 4 is 27.5 Å². The van der Waals surface area contributed by atoms with Crippen molar-refractivity contribution in [3.63, 3.8) is 0 Å². The maximum absolute atomic E-state index is 13.7. The molecule has 0 radical (unpaired) electrons. The number of rotatable bonds is 13. The van der Waals surface area contributed by atoms with Crippen molar-refractivity contribution in [2.75, 3.05) is 37.9 Å². The summed E-state index contributed by atoms with van der Waals surface area (Å²) in [4.78, 5) is 28.2. The Kier molecular flexibility index (Phi) is 10.6. The van der Waals surface area contributed by atoms with Gasteiger partial charge in [0.25, 0.3) is 0 Å². The van der Waals surface area contributed by atoms with E-state index in [4.69, 9.17) is 9.47 Å². The Morgan fingerprint density at radius 3 is 2.17 bits per heavy atom. The number of amides is 2. The third kappa shape index (κ3) is 7.87. The number of hydrogen-bond acceptors (Lipinski definition) is 6. The summed E-state index contributed by atoms with van der Waals surface area (Å²) in [5, 5.41) is 2.90. The molecule has 36 heavy (non-hydrogen) atoms. The van der Waals surface area contributed by atoms with E-state index in [1.54, 1.807) is 43.5 Å². The number of nitrogens with one attached hydrogen (secondary N) is 1. The zero-order valence-corrected chi connectivity index (χ0v) is 22.7. The Labute approximate surface area is 214 Å². The van der Waals surface area contributed by atoms with Crippen LogP contribution in [0.1, 0.15) is 32.8 Å². The highest BCUT2D eigenvalue weighted by atomic mass is 32.2. The molecule has 0 spiro atoms. The molecule has 2 amide bonds. The van der Waals surface area contributed by atoms with Gasteiger partial charge in [0.1, 0.15) is 24.1 Å². The van der Waals surface area contributed by atoms with E-state index >= 15 is 0 Å². The van der Waals surface area contributed by atoms with Crippen molar-refractivity contribution in [1.29, 1.82) is 0 Å². The summed E-state index contributed by atoms with van der Waals surface area (Å²) >= 11 is 0. The highest BCUT2D eigenvalue weighted by Gasteiger charge is 2.32. The third-order valence-corrected chi connectivity index (χ3v) is 6.74. The fraction of sp³-hybridized carbons (Fsp3) is 0.462. The van der Waals surface area contributed by atoms with Gasteiger partial charge in [-0.25, -0.2) is 8.42 Å². The summed E-state index contributed by atoms with van der Waals surface area (Å²) in [7, 11) is -0.848. The van der Waals surface area contributed by atoms with Gasteiger partial charge >= 0.3 is 0 Å². The molecule has 2 aromatic carbocycles. The maximum Gasteiger partial charge on any atom is 0.244 e. The van der Waals surface area contributed by atoms with E-state index in [0.717, 1.165) is 16.1 Å². The number of methoxy groups -OCH3 is 2. The number of sulfonamides is 1. The van der Waals surface area contributed by atoms with Crippen molar-refractivity contribution in [3.05, 3.63) is 54.1 Å². The molecular formula is C26H37N3O6S. The first-order chi connectivity index (χ1) is 17.0. The predicted molar refractivity (Wildman–Crippen MR) is 141 cm³/mol. The van der Waals surface area contributed by atoms with Gasteiger partial charge in [0.2, 0.25) is 21.8 Å². The molecule has 0 heterocycles. The number of carbonyl (C=O) groups excluding carboxylic acids is 2. The molecule has 2 rings (SSSR count). The third-order valence-electron chi connectivity index (χ3n) is 5.62. The summed E-state index contributed by atoms with van der Waals surface area (Å²) in [6, 6.07) is 13.0. The summed E-state index contributed by atoms with van der Waals surface area (Å²) in [5.74, 6) is 0.435. The lowest BCUT2D eigenvalue weighted by Crippen LogP contribution is -2.52. The van der Waals surface area contributed by atoms with Gasteiger partial charge in [0, 0.05) is 13.1 Å². The van der Waals surface area contributed by atoms with Crippen LogP contribution in [-0.2, 0) is 26.2 Å². The number of para-hydroxylation sites is 2. The number of nitrogens with zero attached hydrogens (tertiary/aromatic N) is 2. The Bertz CT molecular complexity index is 1120. The second-order valence-electron chi connectivity index (χ2n) is 8.87. The summed E-state index contributed by atoms with van der Waals surface area (Å²) in [6.07, 6.45) is 1.40. The first-order valence-corrected chi connectivity index (χ1v) is 13.7. The first-order valence-electron chi connectivity index (χ1n) is 11.8. The van der Waals surface area contributed by atoms with Gasteiger partial charge in [-0.05, 0) is 42.2 Å². The molecule has 0 aliphatic carbocycles. The largest absolute Gasteiger partial charge is 0.497 e. The molecular weight excluding hydrogens is 482 g/mol. The molecule has 1 N–H and O–H groups in total. The lowest BCUT2D eigenvalue weighted by atomic mass is 10.1. The minimum atomic E-state index is -3.85. The molecule has 0 aliphatic rings. The van der Waals surface area contributed by atoms with Crippen molar-refractivity contribution in [3.8, 4) is 11.5 Å². The number of anilines is 1. The smallest absolute Gasteiger partial charge is 0.244 e. The van der Waals surface area contributed by atoms with Crippen molar-refractivity contribution in [2.24, 2.45) is 5.92 Å². The van der Waals surface area contributed by atoms with Gasteiger partial charge in [-0.3, -0.25) is 13.9 Å². The zero-order chi connectivity index (χ0) is 26.9. The summed E-state index contributed by atoms with van der Waals surface area (Å²) < 4.78 is 37.0. The van der Waals surface area contributed by atoms with Crippen LogP contribution in [0.2, 0.25) is 0 Å². The quantitative estimate of drug-likeness (QED) is 0.436. The first kappa shape index (κ1) is 29.0. The fourth-order valence-corrected chi connectivity index (χ4v) is 4.55. The summed E-state index contributed by atoms with van der Waals surface area (Å²) in [6.45, 7) is 5.90. The van der Waals surface area contributed by atoms with Crippen LogP contribution in [0.4, 0.5) is 5.69 Å². The second kappa shape index (κ2) is 13.2. The molecule has 10 heteroatoms. The molecule has 198 valence electrons. The van der Waals surface area contributed by atoms with E-state index in [1.165, 1.54) is 12.0 Å². The van der Waals surface area contributed by atoms with E-state index in [2.05, 4.69) is 5.32 Å². The monoisotopic (exact) mass is 519 g/mol. The van der Waals surface area contributed by atoms with Gasteiger partial charge in [-0.2, -0.15) is 0 Å². The Hall–Kier alpha value is -3.27. The molecule has 9 nitrogen and oxygen atoms in total.